The van der Waals surface area contributed by atoms with E-state index in [1.165, 1.54) is 6.07 Å². The highest BCUT2D eigenvalue weighted by atomic mass is 16.6. The Morgan fingerprint density at radius 1 is 1.41 bits per heavy atom. The molecule has 0 unspecified atom stereocenters. The van der Waals surface area contributed by atoms with E-state index in [1.54, 1.807) is 30.6 Å². The van der Waals surface area contributed by atoms with Gasteiger partial charge in [-0.05, 0) is 12.1 Å². The molecule has 0 amide bonds. The van der Waals surface area contributed by atoms with E-state index >= 15 is 0 Å². The summed E-state index contributed by atoms with van der Waals surface area (Å²) >= 11 is 0. The van der Waals surface area contributed by atoms with Gasteiger partial charge in [0.2, 0.25) is 0 Å². The van der Waals surface area contributed by atoms with Crippen LogP contribution in [0.2, 0.25) is 0 Å². The molecule has 1 aromatic heterocycles. The van der Waals surface area contributed by atoms with E-state index in [9.17, 15) is 10.1 Å². The number of non-ortho nitro benzene ring substituents is 1. The molecule has 0 aliphatic heterocycles. The van der Waals surface area contributed by atoms with Crippen LogP contribution in [0.3, 0.4) is 0 Å². The van der Waals surface area contributed by atoms with Gasteiger partial charge in [0, 0.05) is 36.1 Å². The van der Waals surface area contributed by atoms with E-state index in [4.69, 9.17) is 0 Å². The molecule has 1 heterocycles. The first-order valence-electron chi connectivity index (χ1n) is 5.10. The quantitative estimate of drug-likeness (QED) is 0.497. The van der Waals surface area contributed by atoms with Gasteiger partial charge < -0.3 is 5.32 Å². The lowest BCUT2D eigenvalue weighted by Crippen LogP contribution is -1.99. The first-order valence-corrected chi connectivity index (χ1v) is 5.10. The maximum Gasteiger partial charge on any atom is 0.277 e. The second-order valence-electron chi connectivity index (χ2n) is 3.48. The molecule has 0 fully saturated rings. The molecule has 0 saturated heterocycles. The standard InChI is InChI=1S/C12H11N3O2/c1-2-6-14-11-3-4-12(15(16)17)9-5-7-13-8-10(9)11/h2-5,7-8,14H,1,6H2. The largest absolute Gasteiger partial charge is 0.381 e. The van der Waals surface area contributed by atoms with Crippen LogP contribution in [0, 0.1) is 10.1 Å². The van der Waals surface area contributed by atoms with Gasteiger partial charge in [-0.15, -0.1) is 6.58 Å². The van der Waals surface area contributed by atoms with Crippen molar-refractivity contribution in [2.45, 2.75) is 0 Å². The SMILES string of the molecule is C=CCNc1ccc([N+](=O)[O-])c2ccncc12. The summed E-state index contributed by atoms with van der Waals surface area (Å²) in [6, 6.07) is 4.83. The number of hydrogen-bond acceptors (Lipinski definition) is 4. The van der Waals surface area contributed by atoms with Crippen LogP contribution in [0.15, 0.2) is 43.2 Å². The fourth-order valence-electron chi connectivity index (χ4n) is 1.67. The van der Waals surface area contributed by atoms with Crippen molar-refractivity contribution in [3.8, 4) is 0 Å². The highest BCUT2D eigenvalue weighted by Gasteiger charge is 2.13. The molecule has 17 heavy (non-hydrogen) atoms. The van der Waals surface area contributed by atoms with Gasteiger partial charge in [0.15, 0.2) is 0 Å². The first-order chi connectivity index (χ1) is 8.24. The molecule has 0 atom stereocenters. The number of rotatable bonds is 4. The summed E-state index contributed by atoms with van der Waals surface area (Å²) in [5, 5.41) is 15.3. The van der Waals surface area contributed by atoms with E-state index in [0.29, 0.717) is 11.9 Å². The Hall–Kier alpha value is -2.43. The molecule has 0 aliphatic carbocycles. The summed E-state index contributed by atoms with van der Waals surface area (Å²) in [6.07, 6.45) is 4.89. The number of pyridine rings is 1. The number of benzene rings is 1. The maximum absolute atomic E-state index is 10.9. The molecule has 5 nitrogen and oxygen atoms in total. The Morgan fingerprint density at radius 2 is 2.24 bits per heavy atom. The summed E-state index contributed by atoms with van der Waals surface area (Å²) in [7, 11) is 0. The van der Waals surface area contributed by atoms with Crippen LogP contribution in [0.25, 0.3) is 10.8 Å². The summed E-state index contributed by atoms with van der Waals surface area (Å²) < 4.78 is 0. The van der Waals surface area contributed by atoms with Crippen molar-refractivity contribution in [2.75, 3.05) is 11.9 Å². The van der Waals surface area contributed by atoms with Gasteiger partial charge in [-0.3, -0.25) is 15.1 Å². The predicted octanol–water partition coefficient (Wildman–Crippen LogP) is 2.74. The Balaban J connectivity index is 2.61. The molecular weight excluding hydrogens is 218 g/mol. The van der Waals surface area contributed by atoms with Crippen molar-refractivity contribution in [3.63, 3.8) is 0 Å². The lowest BCUT2D eigenvalue weighted by molar-refractivity contribution is -0.383. The molecular formula is C12H11N3O2. The summed E-state index contributed by atoms with van der Waals surface area (Å²) in [4.78, 5) is 14.5. The van der Waals surface area contributed by atoms with Crippen LogP contribution < -0.4 is 5.32 Å². The van der Waals surface area contributed by atoms with E-state index in [1.807, 2.05) is 0 Å². The average Bonchev–Trinajstić information content (AvgIpc) is 2.35. The number of nitrogens with zero attached hydrogens (tertiary/aromatic N) is 2. The lowest BCUT2D eigenvalue weighted by Gasteiger charge is -2.07. The van der Waals surface area contributed by atoms with Crippen LogP contribution in [-0.4, -0.2) is 16.5 Å². The molecule has 1 aromatic carbocycles. The van der Waals surface area contributed by atoms with Gasteiger partial charge in [-0.1, -0.05) is 6.08 Å². The second kappa shape index (κ2) is 4.61. The average molecular weight is 229 g/mol. The molecule has 0 spiro atoms. The summed E-state index contributed by atoms with van der Waals surface area (Å²) in [5.41, 5.74) is 0.908. The van der Waals surface area contributed by atoms with Crippen molar-refractivity contribution in [1.29, 1.82) is 0 Å². The van der Waals surface area contributed by atoms with E-state index in [0.717, 1.165) is 11.1 Å². The zero-order valence-corrected chi connectivity index (χ0v) is 9.09. The molecule has 86 valence electrons. The number of nitro groups is 1. The minimum Gasteiger partial charge on any atom is -0.381 e. The normalized spacial score (nSPS) is 10.1. The van der Waals surface area contributed by atoms with E-state index < -0.39 is 0 Å². The number of aromatic nitrogens is 1. The molecule has 5 heteroatoms. The van der Waals surface area contributed by atoms with Crippen LogP contribution in [0.1, 0.15) is 0 Å². The molecule has 2 rings (SSSR count). The summed E-state index contributed by atoms with van der Waals surface area (Å²) in [5.74, 6) is 0. The smallest absolute Gasteiger partial charge is 0.277 e. The van der Waals surface area contributed by atoms with Crippen molar-refractivity contribution < 1.29 is 4.92 Å². The Bertz CT molecular complexity index is 581. The zero-order chi connectivity index (χ0) is 12.3. The van der Waals surface area contributed by atoms with E-state index in [-0.39, 0.29) is 10.6 Å². The van der Waals surface area contributed by atoms with Crippen LogP contribution in [-0.2, 0) is 0 Å². The van der Waals surface area contributed by atoms with Gasteiger partial charge in [0.05, 0.1) is 10.3 Å². The fourth-order valence-corrected chi connectivity index (χ4v) is 1.67. The van der Waals surface area contributed by atoms with Crippen molar-refractivity contribution in [1.82, 2.24) is 4.98 Å². The van der Waals surface area contributed by atoms with E-state index in [2.05, 4.69) is 16.9 Å². The molecule has 1 N–H and O–H groups in total. The number of fused-ring (bicyclic) bond motifs is 1. The van der Waals surface area contributed by atoms with Crippen LogP contribution >= 0.6 is 0 Å². The third-order valence-corrected chi connectivity index (χ3v) is 2.43. The molecule has 0 saturated carbocycles. The molecule has 0 radical (unpaired) electrons. The van der Waals surface area contributed by atoms with Crippen molar-refractivity contribution in [2.24, 2.45) is 0 Å². The number of nitro benzene ring substituents is 1. The fraction of sp³-hybridized carbons (Fsp3) is 0.0833. The zero-order valence-electron chi connectivity index (χ0n) is 9.09. The Morgan fingerprint density at radius 3 is 2.94 bits per heavy atom. The third-order valence-electron chi connectivity index (χ3n) is 2.43. The molecule has 2 aromatic rings. The monoisotopic (exact) mass is 229 g/mol. The minimum absolute atomic E-state index is 0.0894. The maximum atomic E-state index is 10.9. The number of nitrogens with one attached hydrogen (secondary N) is 1. The number of hydrogen-bond donors (Lipinski definition) is 1. The number of anilines is 1. The van der Waals surface area contributed by atoms with Gasteiger partial charge in [0.25, 0.3) is 5.69 Å². The Labute approximate surface area is 97.9 Å². The van der Waals surface area contributed by atoms with Crippen LogP contribution in [0.4, 0.5) is 11.4 Å². The van der Waals surface area contributed by atoms with Crippen LogP contribution in [0.5, 0.6) is 0 Å². The van der Waals surface area contributed by atoms with Crippen molar-refractivity contribution in [3.05, 3.63) is 53.4 Å². The minimum atomic E-state index is -0.389. The van der Waals surface area contributed by atoms with Gasteiger partial charge in [0.1, 0.15) is 0 Å². The first kappa shape index (κ1) is 11.1. The van der Waals surface area contributed by atoms with Gasteiger partial charge in [-0.2, -0.15) is 0 Å². The Kier molecular flexibility index (Phi) is 3.00. The highest BCUT2D eigenvalue weighted by molar-refractivity contribution is 5.99. The topological polar surface area (TPSA) is 68.1 Å². The third kappa shape index (κ3) is 2.08. The highest BCUT2D eigenvalue weighted by Crippen LogP contribution is 2.30. The predicted molar refractivity (Wildman–Crippen MR) is 67.1 cm³/mol. The van der Waals surface area contributed by atoms with Gasteiger partial charge >= 0.3 is 0 Å². The lowest BCUT2D eigenvalue weighted by atomic mass is 10.1. The van der Waals surface area contributed by atoms with Gasteiger partial charge in [-0.25, -0.2) is 0 Å². The van der Waals surface area contributed by atoms with Crippen molar-refractivity contribution >= 4 is 22.1 Å². The summed E-state index contributed by atoms with van der Waals surface area (Å²) in [6.45, 7) is 4.21. The second-order valence-corrected chi connectivity index (χ2v) is 3.48. The molecule has 0 aliphatic rings. The molecule has 0 bridgehead atoms.